The van der Waals surface area contributed by atoms with Gasteiger partial charge in [-0.25, -0.2) is 0 Å². The van der Waals surface area contributed by atoms with Gasteiger partial charge in [-0.3, -0.25) is 19.5 Å². The van der Waals surface area contributed by atoms with E-state index >= 15 is 0 Å². The lowest BCUT2D eigenvalue weighted by Crippen LogP contribution is -2.29. The molecule has 0 saturated carbocycles. The van der Waals surface area contributed by atoms with E-state index in [1.165, 1.54) is 4.90 Å². The van der Waals surface area contributed by atoms with Crippen molar-refractivity contribution in [3.63, 3.8) is 0 Å². The van der Waals surface area contributed by atoms with E-state index in [2.05, 4.69) is 4.98 Å². The number of Topliss-reactive ketones (excluding diaryl/α,β-unsaturated/α-hetero) is 1. The smallest absolute Gasteiger partial charge is 0.300 e. The molecule has 0 bridgehead atoms. The molecule has 1 saturated heterocycles. The molecular weight excluding hydrogens is 423 g/mol. The Bertz CT molecular complexity index is 1170. The molecule has 1 aromatic heterocycles. The van der Waals surface area contributed by atoms with Crippen LogP contribution in [0.15, 0.2) is 72.4 Å². The molecule has 1 aliphatic rings. The molecule has 0 radical (unpaired) electrons. The van der Waals surface area contributed by atoms with E-state index < -0.39 is 17.7 Å². The Kier molecular flexibility index (Phi) is 5.33. The van der Waals surface area contributed by atoms with Crippen LogP contribution in [0.2, 0.25) is 10.0 Å². The van der Waals surface area contributed by atoms with Crippen molar-refractivity contribution in [2.45, 2.75) is 13.0 Å². The van der Waals surface area contributed by atoms with Crippen LogP contribution in [0.5, 0.6) is 0 Å². The summed E-state index contributed by atoms with van der Waals surface area (Å²) in [6, 6.07) is 15.8. The van der Waals surface area contributed by atoms with E-state index in [1.807, 2.05) is 6.92 Å². The molecule has 2 aromatic carbocycles. The summed E-state index contributed by atoms with van der Waals surface area (Å²) < 4.78 is 0. The Labute approximate surface area is 183 Å². The fourth-order valence-electron chi connectivity index (χ4n) is 3.41. The number of anilines is 1. The third-order valence-electron chi connectivity index (χ3n) is 4.96. The van der Waals surface area contributed by atoms with Crippen molar-refractivity contribution in [1.29, 1.82) is 0 Å². The number of benzene rings is 2. The molecule has 1 atom stereocenters. The summed E-state index contributed by atoms with van der Waals surface area (Å²) in [5.41, 5.74) is 2.06. The van der Waals surface area contributed by atoms with E-state index in [9.17, 15) is 14.7 Å². The number of aryl methyl sites for hydroxylation is 1. The maximum atomic E-state index is 13.0. The van der Waals surface area contributed by atoms with E-state index in [0.717, 1.165) is 5.56 Å². The Morgan fingerprint density at radius 1 is 1.03 bits per heavy atom. The van der Waals surface area contributed by atoms with Crippen LogP contribution in [-0.4, -0.2) is 21.8 Å². The molecule has 7 heteroatoms. The van der Waals surface area contributed by atoms with Gasteiger partial charge in [0.15, 0.2) is 0 Å². The molecule has 30 heavy (non-hydrogen) atoms. The largest absolute Gasteiger partial charge is 0.507 e. The van der Waals surface area contributed by atoms with Gasteiger partial charge < -0.3 is 5.11 Å². The summed E-state index contributed by atoms with van der Waals surface area (Å²) in [4.78, 5) is 31.7. The number of amides is 1. The molecule has 0 aliphatic carbocycles. The molecule has 150 valence electrons. The molecule has 5 nitrogen and oxygen atoms in total. The van der Waals surface area contributed by atoms with Crippen molar-refractivity contribution >= 4 is 46.3 Å². The minimum absolute atomic E-state index is 0.0438. The number of aliphatic hydroxyl groups is 1. The first-order valence-corrected chi connectivity index (χ1v) is 9.88. The number of carbonyl (C=O) groups is 2. The maximum Gasteiger partial charge on any atom is 0.300 e. The van der Waals surface area contributed by atoms with Gasteiger partial charge in [0.2, 0.25) is 0 Å². The quantitative estimate of drug-likeness (QED) is 0.341. The number of nitrogens with zero attached hydrogens (tertiary/aromatic N) is 2. The molecule has 1 aliphatic heterocycles. The molecule has 1 N–H and O–H groups in total. The molecule has 1 amide bonds. The van der Waals surface area contributed by atoms with Gasteiger partial charge in [-0.1, -0.05) is 35.3 Å². The van der Waals surface area contributed by atoms with Crippen molar-refractivity contribution in [2.75, 3.05) is 4.90 Å². The molecule has 2 heterocycles. The van der Waals surface area contributed by atoms with Gasteiger partial charge >= 0.3 is 0 Å². The van der Waals surface area contributed by atoms with E-state index in [4.69, 9.17) is 23.2 Å². The predicted molar refractivity (Wildman–Crippen MR) is 117 cm³/mol. The van der Waals surface area contributed by atoms with Crippen molar-refractivity contribution in [3.05, 3.63) is 99.3 Å². The average molecular weight is 439 g/mol. The number of halogens is 2. The fourth-order valence-corrected chi connectivity index (χ4v) is 3.71. The second kappa shape index (κ2) is 7.94. The van der Waals surface area contributed by atoms with Crippen molar-refractivity contribution < 1.29 is 14.7 Å². The van der Waals surface area contributed by atoms with E-state index in [0.29, 0.717) is 27.0 Å². The van der Waals surface area contributed by atoms with Crippen molar-refractivity contribution in [2.24, 2.45) is 0 Å². The minimum atomic E-state index is -0.902. The highest BCUT2D eigenvalue weighted by Gasteiger charge is 2.47. The summed E-state index contributed by atoms with van der Waals surface area (Å²) in [7, 11) is 0. The zero-order valence-corrected chi connectivity index (χ0v) is 17.4. The summed E-state index contributed by atoms with van der Waals surface area (Å²) >= 11 is 12.2. The second-order valence-electron chi connectivity index (χ2n) is 6.86. The average Bonchev–Trinajstić information content (AvgIpc) is 3.01. The van der Waals surface area contributed by atoms with E-state index in [-0.39, 0.29) is 11.3 Å². The van der Waals surface area contributed by atoms with Gasteiger partial charge in [-0.15, -0.1) is 0 Å². The molecule has 0 spiro atoms. The van der Waals surface area contributed by atoms with Gasteiger partial charge in [-0.2, -0.15) is 0 Å². The first-order valence-electron chi connectivity index (χ1n) is 9.12. The second-order valence-corrected chi connectivity index (χ2v) is 7.71. The van der Waals surface area contributed by atoms with Gasteiger partial charge in [0.25, 0.3) is 11.7 Å². The number of rotatable bonds is 3. The van der Waals surface area contributed by atoms with Crippen LogP contribution in [0, 0.1) is 6.92 Å². The number of aliphatic hydroxyl groups excluding tert-OH is 1. The van der Waals surface area contributed by atoms with E-state index in [1.54, 1.807) is 66.9 Å². The van der Waals surface area contributed by atoms with Crippen molar-refractivity contribution in [3.8, 4) is 0 Å². The molecule has 1 unspecified atom stereocenters. The third kappa shape index (κ3) is 3.47. The highest BCUT2D eigenvalue weighted by Crippen LogP contribution is 2.42. The minimum Gasteiger partial charge on any atom is -0.507 e. The Balaban J connectivity index is 1.94. The molecule has 4 rings (SSSR count). The number of carbonyl (C=O) groups excluding carboxylic acids is 2. The van der Waals surface area contributed by atoms with Gasteiger partial charge in [0.1, 0.15) is 11.8 Å². The van der Waals surface area contributed by atoms with Crippen molar-refractivity contribution in [1.82, 2.24) is 4.98 Å². The highest BCUT2D eigenvalue weighted by atomic mass is 35.5. The predicted octanol–water partition coefficient (Wildman–Crippen LogP) is 5.32. The van der Waals surface area contributed by atoms with Crippen LogP contribution in [0.1, 0.15) is 22.9 Å². The van der Waals surface area contributed by atoms with Gasteiger partial charge in [-0.05, 0) is 61.0 Å². The summed E-state index contributed by atoms with van der Waals surface area (Å²) in [5, 5.41) is 11.9. The standard InChI is InChI=1S/C23H16Cl2N2O3/c1-13-5-10-16(12-17(13)25)27-20(18-4-2-3-11-26-18)19(22(29)23(27)30)21(28)14-6-8-15(24)9-7-14/h2-12,20,28H,1H3/b21-19+. The lowest BCUT2D eigenvalue weighted by atomic mass is 9.98. The summed E-state index contributed by atoms with van der Waals surface area (Å²) in [5.74, 6) is -1.85. The SMILES string of the molecule is Cc1ccc(N2C(=O)C(=O)/C(=C(/O)c3ccc(Cl)cc3)C2c2ccccn2)cc1Cl. The van der Waals surface area contributed by atoms with Crippen LogP contribution in [-0.2, 0) is 9.59 Å². The highest BCUT2D eigenvalue weighted by molar-refractivity contribution is 6.51. The summed E-state index contributed by atoms with van der Waals surface area (Å²) in [6.07, 6.45) is 1.57. The normalized spacial score (nSPS) is 18.1. The number of aromatic nitrogens is 1. The molecule has 1 fully saturated rings. The number of pyridine rings is 1. The Hall–Kier alpha value is -3.15. The fraction of sp³-hybridized carbons (Fsp3) is 0.0870. The number of hydrogen-bond acceptors (Lipinski definition) is 4. The van der Waals surface area contributed by atoms with Crippen LogP contribution in [0.25, 0.3) is 5.76 Å². The Morgan fingerprint density at radius 3 is 2.40 bits per heavy atom. The summed E-state index contributed by atoms with van der Waals surface area (Å²) in [6.45, 7) is 1.84. The topological polar surface area (TPSA) is 70.5 Å². The third-order valence-corrected chi connectivity index (χ3v) is 5.62. The zero-order valence-electron chi connectivity index (χ0n) is 15.8. The molecular formula is C23H16Cl2N2O3. The maximum absolute atomic E-state index is 13.0. The molecule has 3 aromatic rings. The first-order chi connectivity index (χ1) is 14.4. The number of hydrogen-bond donors (Lipinski definition) is 1. The Morgan fingerprint density at radius 2 is 1.77 bits per heavy atom. The van der Waals surface area contributed by atoms with Gasteiger partial charge in [0.05, 0.1) is 11.3 Å². The van der Waals surface area contributed by atoms with Crippen LogP contribution in [0.3, 0.4) is 0 Å². The lowest BCUT2D eigenvalue weighted by Gasteiger charge is -2.25. The zero-order chi connectivity index (χ0) is 21.4. The van der Waals surface area contributed by atoms with Crippen LogP contribution in [0.4, 0.5) is 5.69 Å². The number of ketones is 1. The monoisotopic (exact) mass is 438 g/mol. The van der Waals surface area contributed by atoms with Crippen LogP contribution < -0.4 is 4.90 Å². The first kappa shape index (κ1) is 20.1. The van der Waals surface area contributed by atoms with Gasteiger partial charge in [0, 0.05) is 27.5 Å². The lowest BCUT2D eigenvalue weighted by molar-refractivity contribution is -0.132. The van der Waals surface area contributed by atoms with Crippen LogP contribution >= 0.6 is 23.2 Å².